The van der Waals surface area contributed by atoms with Crippen LogP contribution in [0, 0.1) is 11.6 Å². The van der Waals surface area contributed by atoms with E-state index in [1.165, 1.54) is 17.7 Å². The van der Waals surface area contributed by atoms with E-state index in [0.717, 1.165) is 18.1 Å². The minimum absolute atomic E-state index is 0.211. The molecule has 24 heavy (non-hydrogen) atoms. The Balaban J connectivity index is 1.81. The Morgan fingerprint density at radius 3 is 2.38 bits per heavy atom. The predicted octanol–water partition coefficient (Wildman–Crippen LogP) is 2.55. The summed E-state index contributed by atoms with van der Waals surface area (Å²) < 4.78 is 26.4. The number of aliphatic hydroxyl groups excluding tert-OH is 1. The highest BCUT2D eigenvalue weighted by molar-refractivity contribution is 5.23. The van der Waals surface area contributed by atoms with Crippen LogP contribution in [0.15, 0.2) is 42.5 Å². The van der Waals surface area contributed by atoms with Crippen LogP contribution in [0.3, 0.4) is 0 Å². The third kappa shape index (κ3) is 5.67. The molecule has 2 atom stereocenters. The molecule has 0 fully saturated rings. The second-order valence-electron chi connectivity index (χ2n) is 6.02. The van der Waals surface area contributed by atoms with Gasteiger partial charge in [-0.25, -0.2) is 8.78 Å². The molecule has 4 N–H and O–H groups in total. The fourth-order valence-corrected chi connectivity index (χ4v) is 2.61. The third-order valence-corrected chi connectivity index (χ3v) is 3.97. The van der Waals surface area contributed by atoms with Gasteiger partial charge in [0.15, 0.2) is 0 Å². The molecule has 0 aliphatic carbocycles. The summed E-state index contributed by atoms with van der Waals surface area (Å²) in [4.78, 5) is 0. The maximum atomic E-state index is 13.2. The van der Waals surface area contributed by atoms with Gasteiger partial charge < -0.3 is 16.2 Å². The number of rotatable bonds is 8. The topological polar surface area (TPSA) is 58.3 Å². The molecule has 0 spiro atoms. The molecule has 5 heteroatoms. The van der Waals surface area contributed by atoms with Crippen LogP contribution < -0.4 is 11.1 Å². The van der Waals surface area contributed by atoms with Crippen molar-refractivity contribution in [2.24, 2.45) is 5.73 Å². The van der Waals surface area contributed by atoms with Crippen molar-refractivity contribution in [2.45, 2.75) is 38.5 Å². The van der Waals surface area contributed by atoms with Crippen molar-refractivity contribution < 1.29 is 13.9 Å². The molecule has 0 saturated heterocycles. The fraction of sp³-hybridized carbons (Fsp3) is 0.368. The standard InChI is InChI=1S/C19H24F2N2O/c1-2-13-4-3-5-14(6-13)11-23-12-19(24)18(22)9-15-7-16(20)10-17(21)8-15/h3-8,10,18-19,23-24H,2,9,11-12,22H2,1H3/t18-,19-/m1/s1. The lowest BCUT2D eigenvalue weighted by atomic mass is 10.0. The number of nitrogens with one attached hydrogen (secondary N) is 1. The Kier molecular flexibility index (Phi) is 6.85. The van der Waals surface area contributed by atoms with Crippen molar-refractivity contribution in [3.8, 4) is 0 Å². The molecule has 3 nitrogen and oxygen atoms in total. The summed E-state index contributed by atoms with van der Waals surface area (Å²) in [5, 5.41) is 13.3. The number of nitrogens with two attached hydrogens (primary N) is 1. The monoisotopic (exact) mass is 334 g/mol. The zero-order chi connectivity index (χ0) is 17.5. The lowest BCUT2D eigenvalue weighted by Gasteiger charge is -2.19. The number of halogens is 2. The molecule has 0 aliphatic rings. The van der Waals surface area contributed by atoms with Gasteiger partial charge in [-0.2, -0.15) is 0 Å². The van der Waals surface area contributed by atoms with E-state index in [4.69, 9.17) is 5.73 Å². The van der Waals surface area contributed by atoms with Gasteiger partial charge in [-0.1, -0.05) is 31.2 Å². The largest absolute Gasteiger partial charge is 0.390 e. The SMILES string of the molecule is CCc1cccc(CNC[C@@H](O)[C@H](N)Cc2cc(F)cc(F)c2)c1. The summed E-state index contributed by atoms with van der Waals surface area (Å²) in [6, 6.07) is 10.9. The molecule has 0 unspecified atom stereocenters. The zero-order valence-corrected chi connectivity index (χ0v) is 13.8. The van der Waals surface area contributed by atoms with E-state index in [0.29, 0.717) is 18.7 Å². The van der Waals surface area contributed by atoms with E-state index in [1.54, 1.807) is 0 Å². The van der Waals surface area contributed by atoms with E-state index in [9.17, 15) is 13.9 Å². The molecule has 0 aromatic heterocycles. The first-order chi connectivity index (χ1) is 11.5. The van der Waals surface area contributed by atoms with Crippen LogP contribution in [0.2, 0.25) is 0 Å². The summed E-state index contributed by atoms with van der Waals surface area (Å²) in [6.07, 6.45) is 0.389. The van der Waals surface area contributed by atoms with E-state index in [2.05, 4.69) is 24.4 Å². The molecule has 0 saturated carbocycles. The lowest BCUT2D eigenvalue weighted by Crippen LogP contribution is -2.43. The Morgan fingerprint density at radius 1 is 1.04 bits per heavy atom. The average molecular weight is 334 g/mol. The minimum Gasteiger partial charge on any atom is -0.390 e. The first-order valence-corrected chi connectivity index (χ1v) is 8.15. The van der Waals surface area contributed by atoms with Crippen molar-refractivity contribution in [1.82, 2.24) is 5.32 Å². The maximum absolute atomic E-state index is 13.2. The van der Waals surface area contributed by atoms with Crippen molar-refractivity contribution in [2.75, 3.05) is 6.54 Å². The third-order valence-electron chi connectivity index (χ3n) is 3.97. The van der Waals surface area contributed by atoms with Gasteiger partial charge in [0.05, 0.1) is 6.10 Å². The summed E-state index contributed by atoms with van der Waals surface area (Å²) in [5.74, 6) is -1.28. The second kappa shape index (κ2) is 8.87. The molecule has 2 aromatic rings. The predicted molar refractivity (Wildman–Crippen MR) is 91.6 cm³/mol. The number of hydrogen-bond acceptors (Lipinski definition) is 3. The smallest absolute Gasteiger partial charge is 0.126 e. The number of benzene rings is 2. The van der Waals surface area contributed by atoms with Gasteiger partial charge in [-0.3, -0.25) is 0 Å². The average Bonchev–Trinajstić information content (AvgIpc) is 2.54. The minimum atomic E-state index is -0.800. The van der Waals surface area contributed by atoms with Crippen molar-refractivity contribution in [3.05, 3.63) is 70.8 Å². The highest BCUT2D eigenvalue weighted by Gasteiger charge is 2.16. The fourth-order valence-electron chi connectivity index (χ4n) is 2.61. The van der Waals surface area contributed by atoms with Crippen LogP contribution in [-0.4, -0.2) is 23.8 Å². The quantitative estimate of drug-likeness (QED) is 0.695. The molecule has 0 heterocycles. The van der Waals surface area contributed by atoms with Crippen LogP contribution in [0.5, 0.6) is 0 Å². The summed E-state index contributed by atoms with van der Waals surface area (Å²) in [6.45, 7) is 3.05. The van der Waals surface area contributed by atoms with Crippen LogP contribution >= 0.6 is 0 Å². The van der Waals surface area contributed by atoms with Crippen LogP contribution in [-0.2, 0) is 19.4 Å². The van der Waals surface area contributed by atoms with E-state index in [1.807, 2.05) is 12.1 Å². The molecule has 0 amide bonds. The highest BCUT2D eigenvalue weighted by atomic mass is 19.1. The molecule has 0 radical (unpaired) electrons. The van der Waals surface area contributed by atoms with Gasteiger partial charge in [0.2, 0.25) is 0 Å². The van der Waals surface area contributed by atoms with Crippen LogP contribution in [0.25, 0.3) is 0 Å². The molecular formula is C19H24F2N2O. The highest BCUT2D eigenvalue weighted by Crippen LogP contribution is 2.11. The summed E-state index contributed by atoms with van der Waals surface area (Å²) >= 11 is 0. The molecular weight excluding hydrogens is 310 g/mol. The second-order valence-corrected chi connectivity index (χ2v) is 6.02. The van der Waals surface area contributed by atoms with Gasteiger partial charge in [0, 0.05) is 25.2 Å². The Morgan fingerprint density at radius 2 is 1.71 bits per heavy atom. The Labute approximate surface area is 141 Å². The zero-order valence-electron chi connectivity index (χ0n) is 13.8. The lowest BCUT2D eigenvalue weighted by molar-refractivity contribution is 0.141. The van der Waals surface area contributed by atoms with E-state index < -0.39 is 23.8 Å². The van der Waals surface area contributed by atoms with Gasteiger partial charge in [-0.05, 0) is 41.7 Å². The van der Waals surface area contributed by atoms with Crippen LogP contribution in [0.1, 0.15) is 23.6 Å². The van der Waals surface area contributed by atoms with Crippen LogP contribution in [0.4, 0.5) is 8.78 Å². The summed E-state index contributed by atoms with van der Waals surface area (Å²) in [5.41, 5.74) is 8.78. The van der Waals surface area contributed by atoms with E-state index >= 15 is 0 Å². The van der Waals surface area contributed by atoms with Gasteiger partial charge >= 0.3 is 0 Å². The molecule has 130 valence electrons. The summed E-state index contributed by atoms with van der Waals surface area (Å²) in [7, 11) is 0. The van der Waals surface area contributed by atoms with Crippen molar-refractivity contribution in [1.29, 1.82) is 0 Å². The van der Waals surface area contributed by atoms with Crippen molar-refractivity contribution >= 4 is 0 Å². The van der Waals surface area contributed by atoms with Crippen molar-refractivity contribution in [3.63, 3.8) is 0 Å². The number of hydrogen-bond donors (Lipinski definition) is 3. The molecule has 0 aliphatic heterocycles. The Hall–Kier alpha value is -1.82. The normalized spacial score (nSPS) is 13.7. The number of aliphatic hydroxyl groups is 1. The first kappa shape index (κ1) is 18.5. The maximum Gasteiger partial charge on any atom is 0.126 e. The molecule has 2 aromatic carbocycles. The van der Waals surface area contributed by atoms with Gasteiger partial charge in [-0.15, -0.1) is 0 Å². The Bertz CT molecular complexity index is 643. The molecule has 2 rings (SSSR count). The van der Waals surface area contributed by atoms with Gasteiger partial charge in [0.25, 0.3) is 0 Å². The van der Waals surface area contributed by atoms with Gasteiger partial charge in [0.1, 0.15) is 11.6 Å². The first-order valence-electron chi connectivity index (χ1n) is 8.15. The molecule has 0 bridgehead atoms. The number of aryl methyl sites for hydroxylation is 1. The van der Waals surface area contributed by atoms with E-state index in [-0.39, 0.29) is 6.42 Å².